The predicted octanol–water partition coefficient (Wildman–Crippen LogP) is 3.48. The summed E-state index contributed by atoms with van der Waals surface area (Å²) in [5.74, 6) is 0.560. The number of nitrogens with one attached hydrogen (secondary N) is 1. The van der Waals surface area contributed by atoms with E-state index in [1.165, 1.54) is 0 Å². The number of fused-ring (bicyclic) bond motifs is 1. The van der Waals surface area contributed by atoms with Gasteiger partial charge in [-0.25, -0.2) is 0 Å². The Morgan fingerprint density at radius 1 is 1.18 bits per heavy atom. The fourth-order valence-corrected chi connectivity index (χ4v) is 5.82. The minimum Gasteiger partial charge on any atom is -0.486 e. The maximum atomic E-state index is 13.3. The molecule has 1 amide bonds. The van der Waals surface area contributed by atoms with Crippen molar-refractivity contribution >= 4 is 17.4 Å². The molecule has 1 aromatic carbocycles. The van der Waals surface area contributed by atoms with E-state index in [1.807, 2.05) is 25.1 Å². The highest BCUT2D eigenvalue weighted by atomic mass is 16.6. The normalized spacial score (nSPS) is 23.6. The van der Waals surface area contributed by atoms with Crippen molar-refractivity contribution in [1.29, 1.82) is 0 Å². The summed E-state index contributed by atoms with van der Waals surface area (Å²) in [4.78, 5) is 38.0. The molecule has 1 spiro atoms. The van der Waals surface area contributed by atoms with Gasteiger partial charge in [0.25, 0.3) is 5.91 Å². The first-order valence-electron chi connectivity index (χ1n) is 13.4. The van der Waals surface area contributed by atoms with E-state index in [0.717, 1.165) is 57.0 Å². The highest BCUT2D eigenvalue weighted by Crippen LogP contribution is 2.41. The third kappa shape index (κ3) is 5.05. The molecule has 0 saturated carbocycles. The number of carbonyl (C=O) groups excluding carboxylic acids is 2. The summed E-state index contributed by atoms with van der Waals surface area (Å²) in [6.45, 7) is 9.12. The molecule has 38 heavy (non-hydrogen) atoms. The van der Waals surface area contributed by atoms with Gasteiger partial charge in [-0.05, 0) is 37.3 Å². The Hall–Kier alpha value is -3.30. The average Bonchev–Trinajstić information content (AvgIpc) is 3.33. The SMILES string of the molecule is CC1=NOC(CNC(=O)c2ccc(-c3ccc4c(c3)C(=O)CC3(CCN(CC5(C)COC5)CC3)O4)nc2)C1. The van der Waals surface area contributed by atoms with Crippen molar-refractivity contribution in [1.82, 2.24) is 15.2 Å². The maximum absolute atomic E-state index is 13.3. The smallest absolute Gasteiger partial charge is 0.252 e. The summed E-state index contributed by atoms with van der Waals surface area (Å²) >= 11 is 0. The van der Waals surface area contributed by atoms with Gasteiger partial charge < -0.3 is 24.5 Å². The Bertz CT molecular complexity index is 1260. The van der Waals surface area contributed by atoms with Crippen LogP contribution < -0.4 is 10.1 Å². The number of benzene rings is 1. The summed E-state index contributed by atoms with van der Waals surface area (Å²) < 4.78 is 11.9. The minimum atomic E-state index is -0.416. The van der Waals surface area contributed by atoms with E-state index in [9.17, 15) is 9.59 Å². The van der Waals surface area contributed by atoms with Gasteiger partial charge in [0.15, 0.2) is 5.78 Å². The van der Waals surface area contributed by atoms with E-state index in [2.05, 4.69) is 27.3 Å². The number of amides is 1. The second-order valence-electron chi connectivity index (χ2n) is 11.6. The van der Waals surface area contributed by atoms with Gasteiger partial charge in [-0.3, -0.25) is 14.6 Å². The largest absolute Gasteiger partial charge is 0.486 e. The van der Waals surface area contributed by atoms with Crippen LogP contribution in [0.5, 0.6) is 5.75 Å². The van der Waals surface area contributed by atoms with Crippen molar-refractivity contribution in [2.24, 2.45) is 10.6 Å². The standard InChI is InChI=1S/C29H34N4O5/c1-19-11-22(38-32-19)15-31-27(35)21-3-5-24(30-14-21)20-4-6-26-23(12-20)25(34)13-29(37-26)7-9-33(10-8-29)16-28(2)17-36-18-28/h3-6,12,14,22H,7-11,13,15-18H2,1-2H3,(H,31,35). The van der Waals surface area contributed by atoms with Crippen LogP contribution in [0.3, 0.4) is 0 Å². The molecule has 4 aliphatic heterocycles. The van der Waals surface area contributed by atoms with Gasteiger partial charge in [-0.1, -0.05) is 12.1 Å². The number of piperidine rings is 1. The van der Waals surface area contributed by atoms with E-state index < -0.39 is 5.60 Å². The van der Waals surface area contributed by atoms with Crippen LogP contribution >= 0.6 is 0 Å². The number of ether oxygens (including phenoxy) is 2. The quantitative estimate of drug-likeness (QED) is 0.625. The molecule has 200 valence electrons. The molecule has 5 heterocycles. The van der Waals surface area contributed by atoms with E-state index in [1.54, 1.807) is 18.3 Å². The van der Waals surface area contributed by atoms with Crippen molar-refractivity contribution in [3.05, 3.63) is 47.7 Å². The van der Waals surface area contributed by atoms with Crippen LogP contribution in [0.4, 0.5) is 0 Å². The Morgan fingerprint density at radius 3 is 2.66 bits per heavy atom. The fourth-order valence-electron chi connectivity index (χ4n) is 5.82. The molecule has 1 N–H and O–H groups in total. The van der Waals surface area contributed by atoms with Crippen molar-refractivity contribution in [2.45, 2.75) is 51.2 Å². The van der Waals surface area contributed by atoms with Crippen molar-refractivity contribution in [3.63, 3.8) is 0 Å². The molecule has 1 atom stereocenters. The van der Waals surface area contributed by atoms with Crippen LogP contribution in [-0.4, -0.2) is 78.4 Å². The summed E-state index contributed by atoms with van der Waals surface area (Å²) in [5.41, 5.74) is 3.35. The molecule has 9 nitrogen and oxygen atoms in total. The van der Waals surface area contributed by atoms with Gasteiger partial charge in [0.05, 0.1) is 48.7 Å². The van der Waals surface area contributed by atoms with Crippen molar-refractivity contribution in [3.8, 4) is 17.0 Å². The van der Waals surface area contributed by atoms with Crippen LogP contribution in [0, 0.1) is 5.41 Å². The van der Waals surface area contributed by atoms with Crippen molar-refractivity contribution in [2.75, 3.05) is 39.4 Å². The lowest BCUT2D eigenvalue weighted by Gasteiger charge is -2.47. The molecule has 2 aromatic rings. The number of rotatable bonds is 6. The number of hydrogen-bond donors (Lipinski definition) is 1. The summed E-state index contributed by atoms with van der Waals surface area (Å²) in [7, 11) is 0. The molecular weight excluding hydrogens is 484 g/mol. The van der Waals surface area contributed by atoms with E-state index >= 15 is 0 Å². The first kappa shape index (κ1) is 25.0. The van der Waals surface area contributed by atoms with Crippen LogP contribution in [0.15, 0.2) is 41.7 Å². The number of oxime groups is 1. The summed E-state index contributed by atoms with van der Waals surface area (Å²) in [6.07, 6.45) is 4.24. The van der Waals surface area contributed by atoms with Gasteiger partial charge in [0, 0.05) is 56.1 Å². The van der Waals surface area contributed by atoms with Crippen LogP contribution in [-0.2, 0) is 9.57 Å². The van der Waals surface area contributed by atoms with Crippen LogP contribution in [0.1, 0.15) is 60.2 Å². The molecular formula is C29H34N4O5. The van der Waals surface area contributed by atoms with Gasteiger partial charge in [0.2, 0.25) is 0 Å². The third-order valence-corrected chi connectivity index (χ3v) is 8.06. The lowest BCUT2D eigenvalue weighted by Crippen LogP contribution is -2.55. The Kier molecular flexibility index (Phi) is 6.44. The molecule has 2 saturated heterocycles. The number of nitrogens with zero attached hydrogens (tertiary/aromatic N) is 3. The second kappa shape index (κ2) is 9.78. The number of carbonyl (C=O) groups is 2. The Balaban J connectivity index is 1.08. The van der Waals surface area contributed by atoms with Gasteiger partial charge in [-0.15, -0.1) is 0 Å². The monoisotopic (exact) mass is 518 g/mol. The molecule has 0 radical (unpaired) electrons. The zero-order chi connectivity index (χ0) is 26.3. The number of aromatic nitrogens is 1. The molecule has 1 aromatic heterocycles. The molecule has 2 fully saturated rings. The fraction of sp³-hybridized carbons (Fsp3) is 0.517. The molecule has 6 rings (SSSR count). The van der Waals surface area contributed by atoms with Gasteiger partial charge in [-0.2, -0.15) is 0 Å². The Labute approximate surface area is 222 Å². The zero-order valence-corrected chi connectivity index (χ0v) is 22.0. The minimum absolute atomic E-state index is 0.116. The van der Waals surface area contributed by atoms with Crippen LogP contribution in [0.25, 0.3) is 11.3 Å². The van der Waals surface area contributed by atoms with Crippen LogP contribution in [0.2, 0.25) is 0 Å². The zero-order valence-electron chi connectivity index (χ0n) is 22.0. The van der Waals surface area contributed by atoms with E-state index in [4.69, 9.17) is 14.3 Å². The molecule has 1 unspecified atom stereocenters. The third-order valence-electron chi connectivity index (χ3n) is 8.06. The molecule has 0 bridgehead atoms. The number of pyridine rings is 1. The van der Waals surface area contributed by atoms with Gasteiger partial charge >= 0.3 is 0 Å². The number of hydrogen-bond acceptors (Lipinski definition) is 8. The summed E-state index contributed by atoms with van der Waals surface area (Å²) in [6, 6.07) is 9.22. The first-order chi connectivity index (χ1) is 18.3. The summed E-state index contributed by atoms with van der Waals surface area (Å²) in [5, 5.41) is 6.78. The Morgan fingerprint density at radius 2 is 2.00 bits per heavy atom. The average molecular weight is 519 g/mol. The number of ketones is 1. The topological polar surface area (TPSA) is 102 Å². The lowest BCUT2D eigenvalue weighted by atomic mass is 9.81. The molecule has 9 heteroatoms. The maximum Gasteiger partial charge on any atom is 0.252 e. The number of Topliss-reactive ketones (excluding diaryl/α,β-unsaturated/α-hetero) is 1. The van der Waals surface area contributed by atoms with Gasteiger partial charge in [0.1, 0.15) is 17.5 Å². The second-order valence-corrected chi connectivity index (χ2v) is 11.6. The molecule has 0 aliphatic carbocycles. The molecule has 4 aliphatic rings. The lowest BCUT2D eigenvalue weighted by molar-refractivity contribution is -0.122. The van der Waals surface area contributed by atoms with Crippen molar-refractivity contribution < 1.29 is 23.9 Å². The predicted molar refractivity (Wildman–Crippen MR) is 142 cm³/mol. The first-order valence-corrected chi connectivity index (χ1v) is 13.4. The highest BCUT2D eigenvalue weighted by molar-refractivity contribution is 6.01. The van der Waals surface area contributed by atoms with E-state index in [-0.39, 0.29) is 23.2 Å². The highest BCUT2D eigenvalue weighted by Gasteiger charge is 2.44. The number of likely N-dealkylation sites (tertiary alicyclic amines) is 1. The van der Waals surface area contributed by atoms with E-state index in [0.29, 0.717) is 42.0 Å².